The maximum absolute atomic E-state index is 13.8. The molecular formula is C18H15ClF2N4O2. The van der Waals surface area contributed by atoms with Gasteiger partial charge in [-0.2, -0.15) is 5.10 Å². The van der Waals surface area contributed by atoms with E-state index < -0.39 is 17.5 Å². The van der Waals surface area contributed by atoms with Crippen molar-refractivity contribution in [2.24, 2.45) is 0 Å². The molecule has 9 heteroatoms. The van der Waals surface area contributed by atoms with Crippen molar-refractivity contribution in [3.63, 3.8) is 0 Å². The number of hydrogen-bond acceptors (Lipinski definition) is 4. The first-order valence-electron chi connectivity index (χ1n) is 7.96. The van der Waals surface area contributed by atoms with Gasteiger partial charge >= 0.3 is 0 Å². The summed E-state index contributed by atoms with van der Waals surface area (Å²) in [5.74, 6) is -0.453. The molecule has 2 aromatic carbocycles. The quantitative estimate of drug-likeness (QED) is 0.674. The summed E-state index contributed by atoms with van der Waals surface area (Å²) in [5, 5.41) is 9.50. The molecule has 0 saturated carbocycles. The van der Waals surface area contributed by atoms with Crippen LogP contribution in [0.3, 0.4) is 0 Å². The first-order valence-corrected chi connectivity index (χ1v) is 8.34. The molecule has 1 heterocycles. The van der Waals surface area contributed by atoms with E-state index in [0.717, 1.165) is 12.1 Å². The molecule has 0 bridgehead atoms. The van der Waals surface area contributed by atoms with Crippen molar-refractivity contribution in [3.8, 4) is 17.1 Å². The lowest BCUT2D eigenvalue weighted by Gasteiger charge is -2.05. The predicted octanol–water partition coefficient (Wildman–Crippen LogP) is 3.38. The van der Waals surface area contributed by atoms with Crippen LogP contribution < -0.4 is 10.1 Å². The van der Waals surface area contributed by atoms with Crippen LogP contribution in [0.5, 0.6) is 5.75 Å². The van der Waals surface area contributed by atoms with E-state index in [0.29, 0.717) is 23.6 Å². The number of carbonyl (C=O) groups is 1. The predicted molar refractivity (Wildman–Crippen MR) is 95.8 cm³/mol. The van der Waals surface area contributed by atoms with Crippen LogP contribution in [0.1, 0.15) is 16.2 Å². The molecule has 0 unspecified atom stereocenters. The summed E-state index contributed by atoms with van der Waals surface area (Å²) >= 11 is 5.86. The van der Waals surface area contributed by atoms with Gasteiger partial charge in [0.25, 0.3) is 5.91 Å². The third kappa shape index (κ3) is 4.40. The van der Waals surface area contributed by atoms with Gasteiger partial charge in [-0.05, 0) is 36.4 Å². The van der Waals surface area contributed by atoms with Crippen molar-refractivity contribution in [3.05, 3.63) is 64.4 Å². The average Bonchev–Trinajstić information content (AvgIpc) is 3.10. The zero-order valence-electron chi connectivity index (χ0n) is 14.2. The molecule has 0 radical (unpaired) electrons. The van der Waals surface area contributed by atoms with Crippen LogP contribution in [-0.4, -0.2) is 34.7 Å². The molecule has 0 atom stereocenters. The molecule has 3 aromatic rings. The molecule has 1 amide bonds. The second-order valence-electron chi connectivity index (χ2n) is 5.59. The number of ether oxygens (including phenoxy) is 1. The van der Waals surface area contributed by atoms with E-state index in [9.17, 15) is 13.6 Å². The highest BCUT2D eigenvalue weighted by molar-refractivity contribution is 6.33. The largest absolute Gasteiger partial charge is 0.494 e. The summed E-state index contributed by atoms with van der Waals surface area (Å²) in [6.07, 6.45) is 0.371. The lowest BCUT2D eigenvalue weighted by molar-refractivity contribution is 0.0954. The molecule has 0 spiro atoms. The van der Waals surface area contributed by atoms with Gasteiger partial charge in [0.15, 0.2) is 17.4 Å². The number of amides is 1. The monoisotopic (exact) mass is 392 g/mol. The Kier molecular flexibility index (Phi) is 5.66. The normalized spacial score (nSPS) is 10.7. The van der Waals surface area contributed by atoms with Crippen LogP contribution in [-0.2, 0) is 6.42 Å². The van der Waals surface area contributed by atoms with E-state index in [-0.39, 0.29) is 22.9 Å². The number of rotatable bonds is 6. The zero-order chi connectivity index (χ0) is 19.4. The van der Waals surface area contributed by atoms with E-state index >= 15 is 0 Å². The van der Waals surface area contributed by atoms with Gasteiger partial charge < -0.3 is 10.1 Å². The molecule has 6 nitrogen and oxygen atoms in total. The fourth-order valence-corrected chi connectivity index (χ4v) is 2.66. The highest BCUT2D eigenvalue weighted by Gasteiger charge is 2.12. The van der Waals surface area contributed by atoms with Gasteiger partial charge in [0.05, 0.1) is 17.7 Å². The van der Waals surface area contributed by atoms with Gasteiger partial charge in [-0.15, -0.1) is 0 Å². The van der Waals surface area contributed by atoms with Crippen LogP contribution in [0.4, 0.5) is 8.78 Å². The van der Waals surface area contributed by atoms with Crippen molar-refractivity contribution in [2.45, 2.75) is 6.42 Å². The number of halogens is 3. The first-order chi connectivity index (χ1) is 13.0. The van der Waals surface area contributed by atoms with Gasteiger partial charge in [0.2, 0.25) is 0 Å². The fourth-order valence-electron chi connectivity index (χ4n) is 2.40. The summed E-state index contributed by atoms with van der Waals surface area (Å²) in [5.41, 5.74) is 0.683. The molecule has 0 saturated heterocycles. The van der Waals surface area contributed by atoms with Gasteiger partial charge in [0.1, 0.15) is 11.6 Å². The van der Waals surface area contributed by atoms with Crippen LogP contribution in [0.25, 0.3) is 11.4 Å². The molecule has 2 N–H and O–H groups in total. The van der Waals surface area contributed by atoms with Crippen LogP contribution in [0, 0.1) is 11.6 Å². The third-order valence-corrected chi connectivity index (χ3v) is 4.08. The first kappa shape index (κ1) is 18.8. The number of aromatic nitrogens is 3. The molecule has 140 valence electrons. The Morgan fingerprint density at radius 1 is 1.26 bits per heavy atom. The van der Waals surface area contributed by atoms with Crippen molar-refractivity contribution in [2.75, 3.05) is 13.7 Å². The van der Waals surface area contributed by atoms with E-state index in [1.165, 1.54) is 25.3 Å². The number of aromatic amines is 1. The standard InChI is InChI=1S/C18H15ClF2N4O2/c1-27-15-5-2-10(8-14(15)21)17-23-16(24-25-17)6-7-22-18(26)12-4-3-11(20)9-13(12)19/h2-5,8-9H,6-7H2,1H3,(H,22,26)(H,23,24,25). The van der Waals surface area contributed by atoms with Crippen LogP contribution in [0.2, 0.25) is 5.02 Å². The second-order valence-corrected chi connectivity index (χ2v) is 5.99. The highest BCUT2D eigenvalue weighted by atomic mass is 35.5. The Hall–Kier alpha value is -3.00. The molecule has 0 aliphatic heterocycles. The van der Waals surface area contributed by atoms with Gasteiger partial charge in [0, 0.05) is 18.5 Å². The Bertz CT molecular complexity index is 978. The Labute approximate surface area is 158 Å². The molecule has 27 heavy (non-hydrogen) atoms. The minimum atomic E-state index is -0.513. The minimum Gasteiger partial charge on any atom is -0.494 e. The summed E-state index contributed by atoms with van der Waals surface area (Å²) in [6, 6.07) is 7.98. The molecule has 0 fully saturated rings. The van der Waals surface area contributed by atoms with Gasteiger partial charge in [-0.25, -0.2) is 13.8 Å². The third-order valence-electron chi connectivity index (χ3n) is 3.76. The number of carbonyl (C=O) groups excluding carboxylic acids is 1. The molecular weight excluding hydrogens is 378 g/mol. The fraction of sp³-hybridized carbons (Fsp3) is 0.167. The van der Waals surface area contributed by atoms with E-state index in [4.69, 9.17) is 16.3 Å². The zero-order valence-corrected chi connectivity index (χ0v) is 15.0. The SMILES string of the molecule is COc1ccc(-c2n[nH]c(CCNC(=O)c3ccc(F)cc3Cl)n2)cc1F. The smallest absolute Gasteiger partial charge is 0.252 e. The maximum Gasteiger partial charge on any atom is 0.252 e. The number of nitrogens with one attached hydrogen (secondary N) is 2. The molecule has 0 aliphatic carbocycles. The van der Waals surface area contributed by atoms with Crippen molar-refractivity contribution in [1.29, 1.82) is 0 Å². The van der Waals surface area contributed by atoms with E-state index in [1.54, 1.807) is 6.07 Å². The summed E-state index contributed by atoms with van der Waals surface area (Å²) in [4.78, 5) is 16.3. The van der Waals surface area contributed by atoms with Crippen molar-refractivity contribution < 1.29 is 18.3 Å². The number of H-pyrrole nitrogens is 1. The summed E-state index contributed by atoms with van der Waals surface area (Å²) in [6.45, 7) is 0.262. The minimum absolute atomic E-state index is 0.0379. The molecule has 3 rings (SSSR count). The van der Waals surface area contributed by atoms with Crippen LogP contribution >= 0.6 is 11.6 Å². The summed E-state index contributed by atoms with van der Waals surface area (Å²) < 4.78 is 31.7. The van der Waals surface area contributed by atoms with Crippen LogP contribution in [0.15, 0.2) is 36.4 Å². The van der Waals surface area contributed by atoms with Crippen molar-refractivity contribution >= 4 is 17.5 Å². The summed E-state index contributed by atoms with van der Waals surface area (Å²) in [7, 11) is 1.39. The molecule has 0 aliphatic rings. The van der Waals surface area contributed by atoms with Gasteiger partial charge in [-0.1, -0.05) is 11.6 Å². The maximum atomic E-state index is 13.8. The lowest BCUT2D eigenvalue weighted by Crippen LogP contribution is -2.26. The molecule has 1 aromatic heterocycles. The Morgan fingerprint density at radius 2 is 2.07 bits per heavy atom. The number of nitrogens with zero attached hydrogens (tertiary/aromatic N) is 2. The number of hydrogen-bond donors (Lipinski definition) is 2. The lowest BCUT2D eigenvalue weighted by atomic mass is 10.2. The van der Waals surface area contributed by atoms with E-state index in [2.05, 4.69) is 20.5 Å². The Balaban J connectivity index is 1.60. The van der Waals surface area contributed by atoms with Gasteiger partial charge in [-0.3, -0.25) is 9.89 Å². The second kappa shape index (κ2) is 8.13. The number of benzene rings is 2. The topological polar surface area (TPSA) is 79.9 Å². The number of methoxy groups -OCH3 is 1. The Morgan fingerprint density at radius 3 is 2.78 bits per heavy atom. The van der Waals surface area contributed by atoms with E-state index in [1.807, 2.05) is 0 Å². The van der Waals surface area contributed by atoms with Crippen molar-refractivity contribution in [1.82, 2.24) is 20.5 Å². The highest BCUT2D eigenvalue weighted by Crippen LogP contribution is 2.23. The average molecular weight is 393 g/mol.